The Labute approximate surface area is 142 Å². The number of carbonyl (C=O) groups excluding carboxylic acids is 4. The molecule has 1 atom stereocenters. The zero-order valence-corrected chi connectivity index (χ0v) is 13.1. The van der Waals surface area contributed by atoms with E-state index in [2.05, 4.69) is 10.3 Å². The predicted molar refractivity (Wildman–Crippen MR) is 86.3 cm³/mol. The summed E-state index contributed by atoms with van der Waals surface area (Å²) in [6.45, 7) is 0. The maximum Gasteiger partial charge on any atom is 0.262 e. The van der Waals surface area contributed by atoms with Gasteiger partial charge in [-0.3, -0.25) is 34.4 Å². The number of nitrogens with one attached hydrogen (secondary N) is 1. The molecule has 0 radical (unpaired) electrons. The monoisotopic (exact) mass is 335 g/mol. The van der Waals surface area contributed by atoms with Crippen LogP contribution in [0.5, 0.6) is 0 Å². The maximum atomic E-state index is 12.9. The van der Waals surface area contributed by atoms with Crippen LogP contribution in [0.15, 0.2) is 42.7 Å². The summed E-state index contributed by atoms with van der Waals surface area (Å²) in [6, 6.07) is 7.59. The van der Waals surface area contributed by atoms with Crippen molar-refractivity contribution < 1.29 is 19.2 Å². The first-order chi connectivity index (χ1) is 12.1. The number of fused-ring (bicyclic) bond motifs is 1. The molecule has 7 nitrogen and oxygen atoms in total. The van der Waals surface area contributed by atoms with Crippen molar-refractivity contribution >= 4 is 23.6 Å². The van der Waals surface area contributed by atoms with Crippen LogP contribution in [-0.2, 0) is 9.59 Å². The van der Waals surface area contributed by atoms with E-state index in [-0.39, 0.29) is 24.0 Å². The van der Waals surface area contributed by atoms with Gasteiger partial charge in [-0.1, -0.05) is 18.2 Å². The molecule has 2 aliphatic heterocycles. The van der Waals surface area contributed by atoms with Gasteiger partial charge in [0.2, 0.25) is 11.8 Å². The van der Waals surface area contributed by atoms with Gasteiger partial charge in [0.25, 0.3) is 11.8 Å². The highest BCUT2D eigenvalue weighted by molar-refractivity contribution is 6.25. The van der Waals surface area contributed by atoms with Gasteiger partial charge in [-0.25, -0.2) is 0 Å². The van der Waals surface area contributed by atoms with E-state index in [1.165, 1.54) is 0 Å². The molecule has 3 heterocycles. The lowest BCUT2D eigenvalue weighted by molar-refractivity contribution is -0.136. The Bertz CT molecular complexity index is 923. The van der Waals surface area contributed by atoms with Crippen LogP contribution in [0.2, 0.25) is 0 Å². The summed E-state index contributed by atoms with van der Waals surface area (Å²) in [5.74, 6) is -2.04. The normalized spacial score (nSPS) is 19.8. The third kappa shape index (κ3) is 2.32. The molecule has 25 heavy (non-hydrogen) atoms. The van der Waals surface area contributed by atoms with Crippen LogP contribution in [0.3, 0.4) is 0 Å². The average molecular weight is 335 g/mol. The fourth-order valence-electron chi connectivity index (χ4n) is 3.28. The topological polar surface area (TPSA) is 96.4 Å². The second-order valence-corrected chi connectivity index (χ2v) is 5.92. The van der Waals surface area contributed by atoms with Gasteiger partial charge in [0.1, 0.15) is 6.04 Å². The third-order valence-electron chi connectivity index (χ3n) is 4.44. The molecule has 1 aromatic carbocycles. The third-order valence-corrected chi connectivity index (χ3v) is 4.44. The van der Waals surface area contributed by atoms with Crippen LogP contribution in [0.1, 0.15) is 33.6 Å². The van der Waals surface area contributed by atoms with Gasteiger partial charge in [0, 0.05) is 24.4 Å². The number of pyridine rings is 1. The summed E-state index contributed by atoms with van der Waals surface area (Å²) >= 11 is 0. The van der Waals surface area contributed by atoms with Gasteiger partial charge >= 0.3 is 0 Å². The molecule has 7 heteroatoms. The van der Waals surface area contributed by atoms with E-state index in [0.29, 0.717) is 11.1 Å². The number of hydrogen-bond acceptors (Lipinski definition) is 5. The Morgan fingerprint density at radius 1 is 1.00 bits per heavy atom. The van der Waals surface area contributed by atoms with Crippen LogP contribution in [0.4, 0.5) is 0 Å². The van der Waals surface area contributed by atoms with Gasteiger partial charge in [-0.15, -0.1) is 0 Å². The predicted octanol–water partition coefficient (Wildman–Crippen LogP) is 1.15. The highest BCUT2D eigenvalue weighted by Gasteiger charge is 2.45. The minimum Gasteiger partial charge on any atom is -0.295 e. The van der Waals surface area contributed by atoms with Crippen LogP contribution < -0.4 is 5.32 Å². The molecular weight excluding hydrogens is 322 g/mol. The Kier molecular flexibility index (Phi) is 3.42. The van der Waals surface area contributed by atoms with Crippen LogP contribution in [0, 0.1) is 0 Å². The molecular formula is C18H13N3O4. The van der Waals surface area contributed by atoms with Crippen LogP contribution >= 0.6 is 0 Å². The first kappa shape index (κ1) is 15.2. The molecule has 1 unspecified atom stereocenters. The summed E-state index contributed by atoms with van der Waals surface area (Å²) in [5, 5.41) is 2.19. The number of nitrogens with zero attached hydrogens (tertiary/aromatic N) is 2. The molecule has 0 aliphatic carbocycles. The van der Waals surface area contributed by atoms with Crippen molar-refractivity contribution in [3.05, 3.63) is 53.9 Å². The zero-order valence-electron chi connectivity index (χ0n) is 13.1. The van der Waals surface area contributed by atoms with Gasteiger partial charge in [0.15, 0.2) is 0 Å². The average Bonchev–Trinajstić information content (AvgIpc) is 2.87. The van der Waals surface area contributed by atoms with Gasteiger partial charge in [-0.2, -0.15) is 0 Å². The highest BCUT2D eigenvalue weighted by atomic mass is 16.2. The number of imide groups is 2. The second-order valence-electron chi connectivity index (χ2n) is 5.92. The number of amides is 4. The minimum atomic E-state index is -0.966. The van der Waals surface area contributed by atoms with E-state index in [4.69, 9.17) is 0 Å². The standard InChI is InChI=1S/C18H13N3O4/c22-14-7-6-13(16(23)20-14)21-17(24)12-5-1-4-11(15(12)18(21)25)10-3-2-8-19-9-10/h1-5,8-9,13H,6-7H2,(H,20,22,23). The summed E-state index contributed by atoms with van der Waals surface area (Å²) in [5.41, 5.74) is 1.84. The van der Waals surface area contributed by atoms with E-state index in [0.717, 1.165) is 4.90 Å². The summed E-state index contributed by atoms with van der Waals surface area (Å²) < 4.78 is 0. The Balaban J connectivity index is 1.78. The van der Waals surface area contributed by atoms with Crippen molar-refractivity contribution in [2.24, 2.45) is 0 Å². The molecule has 0 saturated carbocycles. The van der Waals surface area contributed by atoms with Crippen molar-refractivity contribution in [3.8, 4) is 11.1 Å². The molecule has 1 fully saturated rings. The molecule has 2 aliphatic rings. The SMILES string of the molecule is O=C1CCC(N2C(=O)c3cccc(-c4cccnc4)c3C2=O)C(=O)N1. The molecule has 4 rings (SSSR count). The second kappa shape index (κ2) is 5.62. The van der Waals surface area contributed by atoms with Crippen LogP contribution in [0.25, 0.3) is 11.1 Å². The molecule has 124 valence electrons. The van der Waals surface area contributed by atoms with Crippen molar-refractivity contribution in [1.82, 2.24) is 15.2 Å². The molecule has 1 aromatic heterocycles. The van der Waals surface area contributed by atoms with E-state index >= 15 is 0 Å². The van der Waals surface area contributed by atoms with Crippen molar-refractivity contribution in [3.63, 3.8) is 0 Å². The Morgan fingerprint density at radius 3 is 2.52 bits per heavy atom. The summed E-state index contributed by atoms with van der Waals surface area (Å²) in [4.78, 5) is 54.1. The van der Waals surface area contributed by atoms with Crippen LogP contribution in [-0.4, -0.2) is 39.6 Å². The molecule has 0 spiro atoms. The van der Waals surface area contributed by atoms with Crippen molar-refractivity contribution in [1.29, 1.82) is 0 Å². The lowest BCUT2D eigenvalue weighted by Gasteiger charge is -2.27. The van der Waals surface area contributed by atoms with Crippen molar-refractivity contribution in [2.45, 2.75) is 18.9 Å². The van der Waals surface area contributed by atoms with E-state index < -0.39 is 29.7 Å². The zero-order chi connectivity index (χ0) is 17.6. The number of aromatic nitrogens is 1. The smallest absolute Gasteiger partial charge is 0.262 e. The number of piperidine rings is 1. The lowest BCUT2D eigenvalue weighted by Crippen LogP contribution is -2.54. The summed E-state index contributed by atoms with van der Waals surface area (Å²) in [6.07, 6.45) is 3.47. The molecule has 1 saturated heterocycles. The maximum absolute atomic E-state index is 12.9. The quantitative estimate of drug-likeness (QED) is 0.831. The minimum absolute atomic E-state index is 0.0965. The van der Waals surface area contributed by atoms with Crippen molar-refractivity contribution in [2.75, 3.05) is 0 Å². The lowest BCUT2D eigenvalue weighted by atomic mass is 9.98. The highest BCUT2D eigenvalue weighted by Crippen LogP contribution is 2.34. The fraction of sp³-hybridized carbons (Fsp3) is 0.167. The first-order valence-corrected chi connectivity index (χ1v) is 7.83. The number of rotatable bonds is 2. The van der Waals surface area contributed by atoms with E-state index in [9.17, 15) is 19.2 Å². The largest absolute Gasteiger partial charge is 0.295 e. The number of carbonyl (C=O) groups is 4. The summed E-state index contributed by atoms with van der Waals surface area (Å²) in [7, 11) is 0. The Morgan fingerprint density at radius 2 is 1.80 bits per heavy atom. The number of hydrogen-bond donors (Lipinski definition) is 1. The fourth-order valence-corrected chi connectivity index (χ4v) is 3.28. The molecule has 1 N–H and O–H groups in total. The molecule has 2 aromatic rings. The van der Waals surface area contributed by atoms with Gasteiger partial charge in [0.05, 0.1) is 11.1 Å². The molecule has 4 amide bonds. The molecule has 0 bridgehead atoms. The van der Waals surface area contributed by atoms with Gasteiger partial charge in [-0.05, 0) is 24.1 Å². The first-order valence-electron chi connectivity index (χ1n) is 7.83. The number of benzene rings is 1. The van der Waals surface area contributed by atoms with E-state index in [1.807, 2.05) is 0 Å². The Hall–Kier alpha value is -3.35. The van der Waals surface area contributed by atoms with E-state index in [1.54, 1.807) is 42.7 Å². The van der Waals surface area contributed by atoms with Gasteiger partial charge < -0.3 is 0 Å².